The molecule has 9 nitrogen and oxygen atoms in total. The first-order valence-corrected chi connectivity index (χ1v) is 49.7. The molecule has 0 aliphatic carbocycles. The number of aryl methyl sites for hydroxylation is 3. The quantitative estimate of drug-likeness (QED) is 0.0774. The van der Waals surface area contributed by atoms with Crippen LogP contribution in [0.3, 0.4) is 0 Å². The average Bonchev–Trinajstić information content (AvgIpc) is 0.761. The molecule has 9 aromatic heterocycles. The summed E-state index contributed by atoms with van der Waals surface area (Å²) in [5, 5.41) is 6.62. The second kappa shape index (κ2) is 40.2. The molecule has 0 aliphatic rings. The molecule has 0 amide bonds. The van der Waals surface area contributed by atoms with E-state index in [1.807, 2.05) is 32.0 Å². The Morgan fingerprint density at radius 1 is 0.139 bits per heavy atom. The molecule has 9 heterocycles. The van der Waals surface area contributed by atoms with E-state index in [1.54, 1.807) is 0 Å². The molecular formula is C135H105N9. The molecule has 24 rings (SSSR count). The van der Waals surface area contributed by atoms with Gasteiger partial charge in [0.05, 0.1) is 67.3 Å². The van der Waals surface area contributed by atoms with Crippen LogP contribution in [0, 0.1) is 20.8 Å². The van der Waals surface area contributed by atoms with E-state index in [4.69, 9.17) is 44.9 Å². The summed E-state index contributed by atoms with van der Waals surface area (Å²) in [4.78, 5) is 45.9. The van der Waals surface area contributed by atoms with Crippen LogP contribution in [-0.2, 0) is 0 Å². The normalized spacial score (nSPS) is 11.4. The third-order valence-electron chi connectivity index (χ3n) is 27.2. The minimum atomic E-state index is 0.268. The number of fused-ring (bicyclic) bond motifs is 9. The maximum Gasteiger partial charge on any atom is 0.0974 e. The van der Waals surface area contributed by atoms with Crippen molar-refractivity contribution in [3.8, 4) is 168 Å². The summed E-state index contributed by atoms with van der Waals surface area (Å²) in [5.41, 5.74) is 45.0. The lowest BCUT2D eigenvalue weighted by Crippen LogP contribution is -1.99. The fourth-order valence-corrected chi connectivity index (χ4v) is 19.4. The van der Waals surface area contributed by atoms with Crippen molar-refractivity contribution in [1.29, 1.82) is 0 Å². The van der Waals surface area contributed by atoms with Crippen molar-refractivity contribution in [2.24, 2.45) is 0 Å². The van der Waals surface area contributed by atoms with Gasteiger partial charge in [0.15, 0.2) is 0 Å². The fourth-order valence-electron chi connectivity index (χ4n) is 19.4. The van der Waals surface area contributed by atoms with Gasteiger partial charge >= 0.3 is 0 Å². The molecule has 144 heavy (non-hydrogen) atoms. The van der Waals surface area contributed by atoms with Crippen molar-refractivity contribution >= 4 is 65.4 Å². The van der Waals surface area contributed by atoms with Crippen LogP contribution in [0.4, 0.5) is 0 Å². The van der Waals surface area contributed by atoms with Crippen molar-refractivity contribution in [2.45, 2.75) is 80.1 Å². The van der Waals surface area contributed by atoms with Crippen molar-refractivity contribution in [2.75, 3.05) is 0 Å². The lowest BCUT2D eigenvalue weighted by atomic mass is 9.94. The second-order valence-electron chi connectivity index (χ2n) is 38.3. The summed E-state index contributed by atoms with van der Waals surface area (Å²) < 4.78 is 0. The summed E-state index contributed by atoms with van der Waals surface area (Å²) in [7, 11) is 0. The number of rotatable bonds is 18. The molecule has 0 unspecified atom stereocenters. The fraction of sp³-hybridized carbons (Fsp3) is 0.0889. The zero-order chi connectivity index (χ0) is 97.8. The number of nitrogens with zero attached hydrogens (tertiary/aromatic N) is 9. The van der Waals surface area contributed by atoms with Crippen molar-refractivity contribution in [1.82, 2.24) is 44.9 Å². The number of hydrogen-bond donors (Lipinski definition) is 0. The molecule has 24 aromatic rings. The lowest BCUT2D eigenvalue weighted by molar-refractivity contribution is 0.826. The minimum Gasteiger partial charge on any atom is -0.251 e. The average molecular weight is 1850 g/mol. The Labute approximate surface area is 841 Å². The van der Waals surface area contributed by atoms with Crippen LogP contribution in [-0.4, -0.2) is 44.9 Å². The van der Waals surface area contributed by atoms with E-state index in [-0.39, 0.29) is 11.8 Å². The van der Waals surface area contributed by atoms with Crippen molar-refractivity contribution < 1.29 is 0 Å². The molecule has 0 radical (unpaired) electrons. The molecule has 690 valence electrons. The van der Waals surface area contributed by atoms with Crippen molar-refractivity contribution in [3.05, 3.63) is 489 Å². The molecular weight excluding hydrogens is 1750 g/mol. The second-order valence-corrected chi connectivity index (χ2v) is 38.3. The molecule has 9 heteroatoms. The maximum absolute atomic E-state index is 5.25. The summed E-state index contributed by atoms with van der Waals surface area (Å²) in [6.07, 6.45) is 0. The van der Waals surface area contributed by atoms with Crippen LogP contribution in [0.1, 0.15) is 93.5 Å². The lowest BCUT2D eigenvalue weighted by Gasteiger charge is -2.15. The van der Waals surface area contributed by atoms with Gasteiger partial charge in [0.25, 0.3) is 0 Å². The van der Waals surface area contributed by atoms with Crippen LogP contribution in [0.25, 0.3) is 233 Å². The highest BCUT2D eigenvalue weighted by atomic mass is 14.8. The third kappa shape index (κ3) is 19.3. The molecule has 0 bridgehead atoms. The number of aromatic nitrogens is 9. The smallest absolute Gasteiger partial charge is 0.0974 e. The summed E-state index contributed by atoms with van der Waals surface area (Å²) in [6, 6.07) is 161. The van der Waals surface area contributed by atoms with Gasteiger partial charge in [0, 0.05) is 99.9 Å². The molecule has 0 fully saturated rings. The standard InChI is InChI=1S/C47H39N3.C45H35N3.C43H31N3/c1-30(2)42-25-23-36-22-24-40-41(29-43(31(3)4)50-47(40)46(36)49-42)37-16-11-17-38(26-37)45-28-39(27-44(48-45)35-14-9-6-10-15-35)34-20-18-33(19-21-34)32-12-7-5-8-13-32;1-29(2)41-28-40(39-24-23-35-18-17-30(3)46-44(35)45(39)48-41)36-15-10-16-37(25-36)43-27-38(26-42(47-43)34-13-8-5-9-14-34)33-21-19-32(20-22-33)31-11-6-4-7-12-31;1-28-16-17-34-22-23-38-39(24-29(2)45-43(38)42(34)44-28)35-14-9-15-36(25-35)41-27-37(26-40(46-41)33-12-7-4-8-13-33)32-20-18-31(19-21-32)30-10-5-3-6-11-30/h5-31H,1-4H3;4-29H,1-3H3;3-27H,1-2H3. The van der Waals surface area contributed by atoms with Crippen LogP contribution in [0.15, 0.2) is 455 Å². The third-order valence-corrected chi connectivity index (χ3v) is 27.2. The van der Waals surface area contributed by atoms with E-state index in [2.05, 4.69) is 485 Å². The Morgan fingerprint density at radius 3 is 0.667 bits per heavy atom. The van der Waals surface area contributed by atoms with E-state index in [0.717, 1.165) is 234 Å². The van der Waals surface area contributed by atoms with Crippen molar-refractivity contribution in [3.63, 3.8) is 0 Å². The number of hydrogen-bond acceptors (Lipinski definition) is 9. The zero-order valence-electron chi connectivity index (χ0n) is 82.1. The minimum absolute atomic E-state index is 0.268. The molecule has 0 atom stereocenters. The Morgan fingerprint density at radius 2 is 0.361 bits per heavy atom. The monoisotopic (exact) mass is 1850 g/mol. The largest absolute Gasteiger partial charge is 0.251 e. The van der Waals surface area contributed by atoms with Crippen LogP contribution in [0.2, 0.25) is 0 Å². The van der Waals surface area contributed by atoms with Crippen LogP contribution in [0.5, 0.6) is 0 Å². The predicted octanol–water partition coefficient (Wildman–Crippen LogP) is 35.8. The van der Waals surface area contributed by atoms with Crippen LogP contribution >= 0.6 is 0 Å². The SMILES string of the molecule is CC(C)c1ccc2ccc3c(-c4cccc(-c5cc(-c6ccc(-c7ccccc7)cc6)cc(-c6ccccc6)n5)c4)cc(C(C)C)nc3c2n1.Cc1ccc2ccc3c(-c4cccc(-c5cc(-c6ccc(-c7ccccc7)cc6)cc(-c6ccccc6)n5)c4)cc(C(C)C)nc3c2n1.Cc1ccc2ccc3c(-c4cccc(-c5cc(-c6ccc(-c7ccccc7)cc6)cc(-c6ccccc6)n5)c4)cc(C)nc3c2n1. The van der Waals surface area contributed by atoms with Gasteiger partial charge in [-0.2, -0.15) is 0 Å². The first kappa shape index (κ1) is 91.3. The highest BCUT2D eigenvalue weighted by Gasteiger charge is 2.23. The summed E-state index contributed by atoms with van der Waals surface area (Å²) >= 11 is 0. The van der Waals surface area contributed by atoms with Crippen LogP contribution < -0.4 is 0 Å². The number of pyridine rings is 9. The van der Waals surface area contributed by atoms with Gasteiger partial charge in [-0.3, -0.25) is 29.9 Å². The van der Waals surface area contributed by atoms with E-state index >= 15 is 0 Å². The summed E-state index contributed by atoms with van der Waals surface area (Å²) in [6.45, 7) is 19.3. The Bertz CT molecular complexity index is 8880. The highest BCUT2D eigenvalue weighted by molar-refractivity contribution is 6.12. The first-order valence-electron chi connectivity index (χ1n) is 49.7. The van der Waals surface area contributed by atoms with Gasteiger partial charge in [-0.05, 0) is 230 Å². The van der Waals surface area contributed by atoms with E-state index < -0.39 is 0 Å². The Balaban J connectivity index is 0.000000123. The van der Waals surface area contributed by atoms with Gasteiger partial charge < -0.3 is 0 Å². The van der Waals surface area contributed by atoms with E-state index in [9.17, 15) is 0 Å². The van der Waals surface area contributed by atoms with Gasteiger partial charge in [-0.15, -0.1) is 0 Å². The predicted molar refractivity (Wildman–Crippen MR) is 603 cm³/mol. The van der Waals surface area contributed by atoms with Gasteiger partial charge in [0.1, 0.15) is 0 Å². The molecule has 0 N–H and O–H groups in total. The maximum atomic E-state index is 5.25. The topological polar surface area (TPSA) is 116 Å². The van der Waals surface area contributed by atoms with Gasteiger partial charge in [-0.25, -0.2) is 15.0 Å². The zero-order valence-corrected chi connectivity index (χ0v) is 82.1. The van der Waals surface area contributed by atoms with E-state index in [0.29, 0.717) is 5.92 Å². The number of benzene rings is 15. The summed E-state index contributed by atoms with van der Waals surface area (Å²) in [5.74, 6) is 0.881. The van der Waals surface area contributed by atoms with Gasteiger partial charge in [-0.1, -0.05) is 406 Å². The Hall–Kier alpha value is -17.8. The molecule has 15 aromatic carbocycles. The molecule has 0 aliphatic heterocycles. The molecule has 0 saturated carbocycles. The first-order chi connectivity index (χ1) is 70.5. The molecule has 0 saturated heterocycles. The van der Waals surface area contributed by atoms with E-state index in [1.165, 1.54) is 33.4 Å². The highest BCUT2D eigenvalue weighted by Crippen LogP contribution is 2.44. The van der Waals surface area contributed by atoms with Gasteiger partial charge in [0.2, 0.25) is 0 Å². The Kier molecular flexibility index (Phi) is 25.5. The molecule has 0 spiro atoms.